The van der Waals surface area contributed by atoms with Crippen molar-refractivity contribution in [1.29, 1.82) is 0 Å². The number of carbonyl (C=O) groups excluding carboxylic acids is 1. The van der Waals surface area contributed by atoms with E-state index in [2.05, 4.69) is 23.7 Å². The van der Waals surface area contributed by atoms with Crippen LogP contribution in [0, 0.1) is 11.3 Å². The SMILES string of the molecule is CC(C)C1(C(=O)N2CCc3ncc(C(F)(F)F)cc3C2)CCC(N(CCO)C2CCOCC2)C1. The number of pyridine rings is 1. The predicted molar refractivity (Wildman–Crippen MR) is 121 cm³/mol. The molecule has 1 aromatic rings. The van der Waals surface area contributed by atoms with Gasteiger partial charge in [-0.05, 0) is 49.7 Å². The molecule has 6 nitrogen and oxygen atoms in total. The third-order valence-electron chi connectivity index (χ3n) is 8.20. The van der Waals surface area contributed by atoms with E-state index in [1.54, 1.807) is 4.90 Å². The van der Waals surface area contributed by atoms with Gasteiger partial charge in [0.15, 0.2) is 0 Å². The van der Waals surface area contributed by atoms with Crippen molar-refractivity contribution in [2.24, 2.45) is 11.3 Å². The van der Waals surface area contributed by atoms with Gasteiger partial charge in [-0.3, -0.25) is 14.7 Å². The summed E-state index contributed by atoms with van der Waals surface area (Å²) < 4.78 is 45.2. The lowest BCUT2D eigenvalue weighted by Crippen LogP contribution is -2.50. The van der Waals surface area contributed by atoms with Crippen LogP contribution in [0.5, 0.6) is 0 Å². The molecule has 3 heterocycles. The zero-order valence-electron chi connectivity index (χ0n) is 20.1. The van der Waals surface area contributed by atoms with Gasteiger partial charge in [0.2, 0.25) is 5.91 Å². The van der Waals surface area contributed by atoms with Gasteiger partial charge < -0.3 is 14.7 Å². The number of aliphatic hydroxyl groups excluding tert-OH is 1. The van der Waals surface area contributed by atoms with Gasteiger partial charge in [0.25, 0.3) is 0 Å². The molecule has 1 amide bonds. The van der Waals surface area contributed by atoms with Crippen molar-refractivity contribution < 1.29 is 27.8 Å². The number of aliphatic hydroxyl groups is 1. The summed E-state index contributed by atoms with van der Waals surface area (Å²) in [4.78, 5) is 22.1. The van der Waals surface area contributed by atoms with Crippen LogP contribution >= 0.6 is 0 Å². The van der Waals surface area contributed by atoms with Crippen LogP contribution in [0.25, 0.3) is 0 Å². The van der Waals surface area contributed by atoms with Crippen LogP contribution in [0.4, 0.5) is 13.2 Å². The van der Waals surface area contributed by atoms with Gasteiger partial charge in [-0.25, -0.2) is 0 Å². The molecular weight excluding hydrogens is 447 g/mol. The van der Waals surface area contributed by atoms with Crippen molar-refractivity contribution >= 4 is 5.91 Å². The fourth-order valence-electron chi connectivity index (χ4n) is 6.16. The molecule has 1 saturated carbocycles. The van der Waals surface area contributed by atoms with E-state index in [1.807, 2.05) is 0 Å². The van der Waals surface area contributed by atoms with Crippen LogP contribution in [0.3, 0.4) is 0 Å². The Morgan fingerprint density at radius 1 is 1.29 bits per heavy atom. The molecule has 2 fully saturated rings. The molecule has 4 rings (SSSR count). The molecule has 0 aromatic carbocycles. The van der Waals surface area contributed by atoms with E-state index in [0.29, 0.717) is 56.4 Å². The number of fused-ring (bicyclic) bond motifs is 1. The minimum Gasteiger partial charge on any atom is -0.395 e. The van der Waals surface area contributed by atoms with Crippen LogP contribution in [-0.4, -0.2) is 70.8 Å². The van der Waals surface area contributed by atoms with Gasteiger partial charge in [0.05, 0.1) is 17.6 Å². The normalized spacial score (nSPS) is 26.4. The zero-order chi connectivity index (χ0) is 24.5. The van der Waals surface area contributed by atoms with Crippen molar-refractivity contribution in [1.82, 2.24) is 14.8 Å². The van der Waals surface area contributed by atoms with E-state index >= 15 is 0 Å². The molecule has 34 heavy (non-hydrogen) atoms. The zero-order valence-corrected chi connectivity index (χ0v) is 20.1. The van der Waals surface area contributed by atoms with E-state index in [1.165, 1.54) is 0 Å². The molecule has 2 atom stereocenters. The Labute approximate surface area is 199 Å². The van der Waals surface area contributed by atoms with E-state index in [0.717, 1.165) is 37.9 Å². The monoisotopic (exact) mass is 483 g/mol. The lowest BCUT2D eigenvalue weighted by molar-refractivity contribution is -0.146. The highest BCUT2D eigenvalue weighted by Crippen LogP contribution is 2.48. The Morgan fingerprint density at radius 2 is 2.03 bits per heavy atom. The summed E-state index contributed by atoms with van der Waals surface area (Å²) in [6, 6.07) is 1.70. The van der Waals surface area contributed by atoms with Gasteiger partial charge in [0, 0.05) is 63.2 Å². The molecule has 1 N–H and O–H groups in total. The second-order valence-electron chi connectivity index (χ2n) is 10.3. The molecule has 3 aliphatic rings. The molecule has 0 spiro atoms. The second kappa shape index (κ2) is 10.1. The number of carbonyl (C=O) groups is 1. The van der Waals surface area contributed by atoms with Crippen LogP contribution < -0.4 is 0 Å². The predicted octanol–water partition coefficient (Wildman–Crippen LogP) is 3.65. The van der Waals surface area contributed by atoms with E-state index < -0.39 is 17.2 Å². The molecular formula is C25H36F3N3O3. The summed E-state index contributed by atoms with van der Waals surface area (Å²) in [6.45, 7) is 6.89. The number of rotatable bonds is 6. The largest absolute Gasteiger partial charge is 0.417 e. The topological polar surface area (TPSA) is 65.9 Å². The number of alkyl halides is 3. The average Bonchev–Trinajstić information content (AvgIpc) is 3.28. The third-order valence-corrected chi connectivity index (χ3v) is 8.20. The van der Waals surface area contributed by atoms with Gasteiger partial charge >= 0.3 is 6.18 Å². The first-order chi connectivity index (χ1) is 16.2. The van der Waals surface area contributed by atoms with Gasteiger partial charge in [-0.2, -0.15) is 13.2 Å². The second-order valence-corrected chi connectivity index (χ2v) is 10.3. The molecule has 2 unspecified atom stereocenters. The highest BCUT2D eigenvalue weighted by molar-refractivity contribution is 5.83. The van der Waals surface area contributed by atoms with Crippen LogP contribution in [0.1, 0.15) is 62.8 Å². The molecule has 1 saturated heterocycles. The van der Waals surface area contributed by atoms with Crippen LogP contribution in [0.2, 0.25) is 0 Å². The molecule has 190 valence electrons. The van der Waals surface area contributed by atoms with Gasteiger partial charge in [0.1, 0.15) is 0 Å². The minimum absolute atomic E-state index is 0.0454. The maximum Gasteiger partial charge on any atom is 0.417 e. The summed E-state index contributed by atoms with van der Waals surface area (Å²) >= 11 is 0. The summed E-state index contributed by atoms with van der Waals surface area (Å²) in [7, 11) is 0. The molecule has 0 bridgehead atoms. The first-order valence-electron chi connectivity index (χ1n) is 12.4. The molecule has 0 radical (unpaired) electrons. The lowest BCUT2D eigenvalue weighted by atomic mass is 9.73. The van der Waals surface area contributed by atoms with Crippen LogP contribution in [-0.2, 0) is 28.7 Å². The number of halogens is 3. The Bertz CT molecular complexity index is 873. The number of amides is 1. The lowest BCUT2D eigenvalue weighted by Gasteiger charge is -2.42. The quantitative estimate of drug-likeness (QED) is 0.669. The number of hydrogen-bond donors (Lipinski definition) is 1. The summed E-state index contributed by atoms with van der Waals surface area (Å²) in [5.41, 5.74) is -0.174. The Balaban J connectivity index is 1.53. The molecule has 1 aliphatic carbocycles. The van der Waals surface area contributed by atoms with Crippen molar-refractivity contribution in [2.75, 3.05) is 32.9 Å². The minimum atomic E-state index is -4.45. The van der Waals surface area contributed by atoms with E-state index in [4.69, 9.17) is 4.74 Å². The Hall–Kier alpha value is -1.71. The van der Waals surface area contributed by atoms with E-state index in [-0.39, 0.29) is 31.0 Å². The third kappa shape index (κ3) is 4.97. The number of aromatic nitrogens is 1. The van der Waals surface area contributed by atoms with Crippen molar-refractivity contribution in [3.05, 3.63) is 29.1 Å². The maximum atomic E-state index is 14.0. The Morgan fingerprint density at radius 3 is 2.68 bits per heavy atom. The van der Waals surface area contributed by atoms with Gasteiger partial charge in [-0.1, -0.05) is 13.8 Å². The highest BCUT2D eigenvalue weighted by Gasteiger charge is 2.51. The summed E-state index contributed by atoms with van der Waals surface area (Å²) in [6.07, 6.45) is 1.11. The fourth-order valence-corrected chi connectivity index (χ4v) is 6.16. The smallest absolute Gasteiger partial charge is 0.395 e. The van der Waals surface area contributed by atoms with Crippen molar-refractivity contribution in [2.45, 2.75) is 77.2 Å². The number of ether oxygens (including phenoxy) is 1. The van der Waals surface area contributed by atoms with Gasteiger partial charge in [-0.15, -0.1) is 0 Å². The molecule has 2 aliphatic heterocycles. The first-order valence-corrected chi connectivity index (χ1v) is 12.4. The molecule has 9 heteroatoms. The average molecular weight is 484 g/mol. The highest BCUT2D eigenvalue weighted by atomic mass is 19.4. The number of nitrogens with zero attached hydrogens (tertiary/aromatic N) is 3. The standard InChI is InChI=1S/C25H36F3N3O3/c1-17(2)24(7-3-21(14-24)31(9-10-32)20-5-11-34-12-6-20)23(33)30-8-4-22-18(16-30)13-19(15-29-22)25(26,27)28/h13,15,17,20-21,32H,3-12,14,16H2,1-2H3. The maximum absolute atomic E-state index is 14.0. The first kappa shape index (κ1) is 25.4. The van der Waals surface area contributed by atoms with Crippen molar-refractivity contribution in [3.63, 3.8) is 0 Å². The molecule has 1 aromatic heterocycles. The fraction of sp³-hybridized carbons (Fsp3) is 0.760. The van der Waals surface area contributed by atoms with Crippen LogP contribution in [0.15, 0.2) is 12.3 Å². The van der Waals surface area contributed by atoms with E-state index in [9.17, 15) is 23.1 Å². The number of hydrogen-bond acceptors (Lipinski definition) is 5. The Kier molecular flexibility index (Phi) is 7.55. The summed E-state index contributed by atoms with van der Waals surface area (Å²) in [5, 5.41) is 9.72. The summed E-state index contributed by atoms with van der Waals surface area (Å²) in [5.74, 6) is 0.153. The van der Waals surface area contributed by atoms with Crippen molar-refractivity contribution in [3.8, 4) is 0 Å².